The van der Waals surface area contributed by atoms with Crippen LogP contribution in [0.5, 0.6) is 0 Å². The van der Waals surface area contributed by atoms with E-state index in [1.54, 1.807) is 48.5 Å². The van der Waals surface area contributed by atoms with E-state index in [-0.39, 0.29) is 0 Å². The molecule has 0 amide bonds. The lowest BCUT2D eigenvalue weighted by molar-refractivity contribution is 0.416. The van der Waals surface area contributed by atoms with Gasteiger partial charge in [-0.2, -0.15) is 0 Å². The number of allylic oxidation sites excluding steroid dienone is 5. The fourth-order valence-corrected chi connectivity index (χ4v) is 15.7. The molecule has 0 atom stereocenters. The first-order valence-electron chi connectivity index (χ1n) is 33.2. The Kier molecular flexibility index (Phi) is 16.0. The summed E-state index contributed by atoms with van der Waals surface area (Å²) >= 11 is 0. The Morgan fingerprint density at radius 1 is 0.317 bits per heavy atom. The van der Waals surface area contributed by atoms with E-state index < -0.39 is 33.9 Å². The van der Waals surface area contributed by atoms with Crippen molar-refractivity contribution in [2.75, 3.05) is 0 Å². The molecule has 11 aromatic rings. The summed E-state index contributed by atoms with van der Waals surface area (Å²) in [4.78, 5) is 0. The predicted octanol–water partition coefficient (Wildman–Crippen LogP) is 11.8. The van der Waals surface area contributed by atoms with Crippen LogP contribution in [0.1, 0.15) is 119 Å². The lowest BCUT2D eigenvalue weighted by Gasteiger charge is -2.38. The van der Waals surface area contributed by atoms with E-state index in [1.807, 2.05) is 91.0 Å². The molecule has 0 heterocycles. The molecule has 8 N–H and O–H groups in total. The predicted molar refractivity (Wildman–Crippen MR) is 411 cm³/mol. The van der Waals surface area contributed by atoms with E-state index >= 15 is 0 Å². The molecule has 474 valence electrons. The Bertz CT molecular complexity index is 5630. The van der Waals surface area contributed by atoms with Crippen LogP contribution in [0.15, 0.2) is 248 Å². The number of fused-ring (bicyclic) bond motifs is 12. The fourth-order valence-electron chi connectivity index (χ4n) is 15.7. The minimum atomic E-state index is -1.78. The van der Waals surface area contributed by atoms with Crippen LogP contribution in [0.2, 0.25) is 0 Å². The summed E-state index contributed by atoms with van der Waals surface area (Å²) in [5.41, 5.74) is 27.2. The summed E-state index contributed by atoms with van der Waals surface area (Å²) in [6, 6.07) is 72.4. The second kappa shape index (κ2) is 25.4. The molecule has 0 unspecified atom stereocenters. The zero-order valence-corrected chi connectivity index (χ0v) is 54.4. The summed E-state index contributed by atoms with van der Waals surface area (Å²) in [5, 5.41) is 85.2. The zero-order chi connectivity index (χ0) is 69.5. The summed E-state index contributed by atoms with van der Waals surface area (Å²) in [7, 11) is -6.84. The van der Waals surface area contributed by atoms with Crippen LogP contribution in [0.4, 0.5) is 0 Å². The van der Waals surface area contributed by atoms with E-state index in [0.29, 0.717) is 62.5 Å². The van der Waals surface area contributed by atoms with Gasteiger partial charge in [0.2, 0.25) is 0 Å². The molecule has 16 rings (SSSR count). The highest BCUT2D eigenvalue weighted by molar-refractivity contribution is 6.60. The number of benzene rings is 11. The fraction of sp³-hybridized carbons (Fsp3) is 0.0337. The van der Waals surface area contributed by atoms with Crippen LogP contribution in [0, 0.1) is 49.4 Å². The third kappa shape index (κ3) is 10.9. The highest BCUT2D eigenvalue weighted by Gasteiger charge is 2.44. The van der Waals surface area contributed by atoms with Crippen LogP contribution in [0.25, 0.3) is 85.0 Å². The number of terminal acetylenes is 4. The number of hydrogen-bond donors (Lipinski definition) is 8. The summed E-state index contributed by atoms with van der Waals surface area (Å²) in [5.74, 6) is 11.5. The molecule has 0 aliphatic heterocycles. The molecule has 0 spiro atoms. The van der Waals surface area contributed by atoms with Crippen LogP contribution in [-0.2, 0) is 5.41 Å². The first-order chi connectivity index (χ1) is 49.1. The molecule has 0 saturated carbocycles. The lowest BCUT2D eigenvalue weighted by Crippen LogP contribution is -2.32. The van der Waals surface area contributed by atoms with Crippen molar-refractivity contribution >= 4 is 85.4 Å². The number of rotatable bonds is 12. The average Bonchev–Trinajstić information content (AvgIpc) is 1.57. The van der Waals surface area contributed by atoms with Crippen LogP contribution < -0.4 is 16.4 Å². The van der Waals surface area contributed by atoms with Crippen molar-refractivity contribution in [1.82, 2.24) is 0 Å². The van der Waals surface area contributed by atoms with E-state index in [2.05, 4.69) is 139 Å². The molecule has 8 nitrogen and oxygen atoms in total. The van der Waals surface area contributed by atoms with Gasteiger partial charge in [0.05, 0.1) is 5.41 Å². The third-order valence-electron chi connectivity index (χ3n) is 20.5. The summed E-state index contributed by atoms with van der Waals surface area (Å²) in [6.45, 7) is 0. The Balaban J connectivity index is 1.05. The van der Waals surface area contributed by atoms with Crippen LogP contribution in [-0.4, -0.2) is 68.7 Å². The summed E-state index contributed by atoms with van der Waals surface area (Å²) in [6.07, 6.45) is 38.2. The van der Waals surface area contributed by atoms with Crippen LogP contribution >= 0.6 is 0 Å². The second-order valence-corrected chi connectivity index (χ2v) is 26.1. The SMILES string of the molecule is C#Cc1ccc2c(c1)/C(=C\C1=CCCC(B(O)O)=C1)c1cc(C(c3ccc4c(c3)/C(=C/c3cccc(B(O)O)c3)c3cc(C#C)ccc3-4)(c3ccc4c(c3)/C(=C/c3cccc(B(O)O)c3)c3cc(C#C)ccc3-4)c3ccc4c(c3)/C(=C/c3ccccc3B(O)O)c3cc(C#C)ccc3-4)ccc1-2. The van der Waals surface area contributed by atoms with Crippen molar-refractivity contribution in [3.8, 4) is 93.9 Å². The monoisotopic (exact) mass is 1300 g/mol. The number of hydrogen-bond acceptors (Lipinski definition) is 8. The minimum absolute atomic E-state index is 0.322. The average molecular weight is 1300 g/mol. The molecule has 101 heavy (non-hydrogen) atoms. The molecule has 0 saturated heterocycles. The Labute approximate surface area is 587 Å². The topological polar surface area (TPSA) is 162 Å². The Morgan fingerprint density at radius 2 is 0.663 bits per heavy atom. The third-order valence-corrected chi connectivity index (χ3v) is 20.5. The first-order valence-corrected chi connectivity index (χ1v) is 33.2. The molecule has 0 aromatic heterocycles. The lowest BCUT2D eigenvalue weighted by atomic mass is 9.63. The maximum absolute atomic E-state index is 10.9. The van der Waals surface area contributed by atoms with Crippen molar-refractivity contribution in [1.29, 1.82) is 0 Å². The van der Waals surface area contributed by atoms with Crippen molar-refractivity contribution in [2.45, 2.75) is 18.3 Å². The molecule has 12 heteroatoms. The van der Waals surface area contributed by atoms with Gasteiger partial charge in [0.15, 0.2) is 0 Å². The maximum Gasteiger partial charge on any atom is 0.489 e. The van der Waals surface area contributed by atoms with Crippen molar-refractivity contribution in [3.05, 3.63) is 353 Å². The van der Waals surface area contributed by atoms with Gasteiger partial charge in [-0.3, -0.25) is 0 Å². The van der Waals surface area contributed by atoms with Gasteiger partial charge in [-0.15, -0.1) is 25.7 Å². The molecule has 5 aliphatic rings. The van der Waals surface area contributed by atoms with Crippen molar-refractivity contribution in [2.24, 2.45) is 0 Å². The molecular weight excluding hydrogens is 1240 g/mol. The highest BCUT2D eigenvalue weighted by atomic mass is 16.4. The minimum Gasteiger partial charge on any atom is -0.423 e. The van der Waals surface area contributed by atoms with Gasteiger partial charge < -0.3 is 40.2 Å². The standard InChI is InChI=1S/C89H58B4O8/c1-5-53-22-30-68-72-34-26-61(49-84(72)80(76(68)41-53)45-57-14-11-18-65(38-57)90(94)95)89(62-27-35-73-69-31-23-54(6-2)42-77(69)81(85(73)50-62)46-58-15-12-19-66(39-58)91(96)97,63-28-36-74-70-32-24-55(7-3)43-78(70)82(86(74)51-63)47-59-16-13-20-67(40-59)92(98)99)64-29-37-75-71-33-25-56(8-4)44-79(71)83(87(75)52-64)48-60-17-9-10-21-88(60)93(100)101/h1-4,9-12,14-19,21-52,94-101H,13,20H2/b80-45+,81-46+,82-47+,83-48+. The van der Waals surface area contributed by atoms with Gasteiger partial charge >= 0.3 is 28.5 Å². The van der Waals surface area contributed by atoms with E-state index in [4.69, 9.17) is 25.7 Å². The van der Waals surface area contributed by atoms with E-state index in [9.17, 15) is 40.2 Å². The quantitative estimate of drug-likeness (QED) is 0.0341. The van der Waals surface area contributed by atoms with Gasteiger partial charge in [0, 0.05) is 22.3 Å². The first kappa shape index (κ1) is 63.8. The Morgan fingerprint density at radius 3 is 1.02 bits per heavy atom. The van der Waals surface area contributed by atoms with Gasteiger partial charge in [0.25, 0.3) is 0 Å². The molecule has 0 fully saturated rings. The Hall–Kier alpha value is -12.0. The second-order valence-electron chi connectivity index (χ2n) is 26.1. The van der Waals surface area contributed by atoms with Crippen molar-refractivity contribution in [3.63, 3.8) is 0 Å². The molecular formula is C89H58B4O8. The van der Waals surface area contributed by atoms with Gasteiger partial charge in [-0.25, -0.2) is 0 Å². The smallest absolute Gasteiger partial charge is 0.423 e. The summed E-state index contributed by atoms with van der Waals surface area (Å²) < 4.78 is 0. The molecule has 0 bridgehead atoms. The zero-order valence-electron chi connectivity index (χ0n) is 54.4. The van der Waals surface area contributed by atoms with Crippen LogP contribution in [0.3, 0.4) is 0 Å². The largest absolute Gasteiger partial charge is 0.489 e. The van der Waals surface area contributed by atoms with Gasteiger partial charge in [-0.1, -0.05) is 181 Å². The molecule has 5 aliphatic carbocycles. The van der Waals surface area contributed by atoms with Gasteiger partial charge in [0.1, 0.15) is 0 Å². The highest BCUT2D eigenvalue weighted by Crippen LogP contribution is 2.57. The maximum atomic E-state index is 10.9. The van der Waals surface area contributed by atoms with E-state index in [1.165, 1.54) is 0 Å². The van der Waals surface area contributed by atoms with Gasteiger partial charge in [-0.05, 0) is 288 Å². The molecule has 0 radical (unpaired) electrons. The normalized spacial score (nSPS) is 14.8. The molecule has 11 aromatic carbocycles. The van der Waals surface area contributed by atoms with Crippen molar-refractivity contribution < 1.29 is 40.2 Å². The van der Waals surface area contributed by atoms with E-state index in [0.717, 1.165) is 150 Å².